The van der Waals surface area contributed by atoms with Gasteiger partial charge in [-0.1, -0.05) is 11.8 Å². The molecular formula is C16H31N7O5. The summed E-state index contributed by atoms with van der Waals surface area (Å²) in [6.45, 7) is 3.98. The lowest BCUT2D eigenvalue weighted by Gasteiger charge is -2.36. The number of aliphatic imine (C=N–C) groups is 1. The number of hydrazine groups is 1. The van der Waals surface area contributed by atoms with Crippen molar-refractivity contribution in [3.8, 4) is 0 Å². The van der Waals surface area contributed by atoms with E-state index in [1.165, 1.54) is 0 Å². The summed E-state index contributed by atoms with van der Waals surface area (Å²) in [5, 5.41) is 18.0. The van der Waals surface area contributed by atoms with E-state index in [1.54, 1.807) is 10.3 Å². The van der Waals surface area contributed by atoms with Crippen LogP contribution < -0.4 is 16.9 Å². The van der Waals surface area contributed by atoms with Gasteiger partial charge in [0.25, 0.3) is 5.96 Å². The average Bonchev–Trinajstić information content (AvgIpc) is 2.64. The summed E-state index contributed by atoms with van der Waals surface area (Å²) in [6, 6.07) is -0.623. The number of nitrogens with zero attached hydrogens (tertiary/aromatic N) is 4. The number of hydrogen-bond acceptors (Lipinski definition) is 7. The van der Waals surface area contributed by atoms with E-state index >= 15 is 0 Å². The Morgan fingerprint density at radius 3 is 2.46 bits per heavy atom. The Morgan fingerprint density at radius 1 is 1.18 bits per heavy atom. The highest BCUT2D eigenvalue weighted by Crippen LogP contribution is 2.08. The maximum atomic E-state index is 12.4. The number of carboxylic acids is 1. The van der Waals surface area contributed by atoms with Crippen LogP contribution in [0.2, 0.25) is 0 Å². The van der Waals surface area contributed by atoms with Gasteiger partial charge in [0.1, 0.15) is 0 Å². The van der Waals surface area contributed by atoms with Crippen molar-refractivity contribution in [1.82, 2.24) is 15.2 Å². The van der Waals surface area contributed by atoms with Gasteiger partial charge in [-0.2, -0.15) is 0 Å². The number of amides is 1. The van der Waals surface area contributed by atoms with Crippen LogP contribution in [0, 0.1) is 10.1 Å². The van der Waals surface area contributed by atoms with Crippen molar-refractivity contribution in [2.24, 2.45) is 16.5 Å². The van der Waals surface area contributed by atoms with Crippen LogP contribution in [0.15, 0.2) is 4.99 Å². The fraction of sp³-hybridized carbons (Fsp3) is 0.812. The Bertz CT molecular complexity index is 550. The van der Waals surface area contributed by atoms with E-state index in [-0.39, 0.29) is 24.8 Å². The van der Waals surface area contributed by atoms with E-state index in [1.807, 2.05) is 0 Å². The highest BCUT2D eigenvalue weighted by atomic mass is 16.7. The molecule has 1 heterocycles. The van der Waals surface area contributed by atoms with Crippen molar-refractivity contribution >= 4 is 17.8 Å². The Kier molecular flexibility index (Phi) is 10.8. The van der Waals surface area contributed by atoms with E-state index in [4.69, 9.17) is 16.6 Å². The van der Waals surface area contributed by atoms with Crippen LogP contribution in [0.4, 0.5) is 0 Å². The van der Waals surface area contributed by atoms with Crippen molar-refractivity contribution in [3.05, 3.63) is 10.1 Å². The Balaban J connectivity index is 2.18. The van der Waals surface area contributed by atoms with Crippen LogP contribution >= 0.6 is 0 Å². The quantitative estimate of drug-likeness (QED) is 0.105. The summed E-state index contributed by atoms with van der Waals surface area (Å²) in [6.07, 6.45) is 3.68. The van der Waals surface area contributed by atoms with E-state index < -0.39 is 17.0 Å². The molecule has 1 aliphatic heterocycles. The first-order chi connectivity index (χ1) is 13.3. The van der Waals surface area contributed by atoms with Gasteiger partial charge in [0.2, 0.25) is 5.91 Å². The molecule has 1 amide bonds. The molecule has 0 aromatic heterocycles. The van der Waals surface area contributed by atoms with Gasteiger partial charge in [0.15, 0.2) is 5.03 Å². The molecule has 6 N–H and O–H groups in total. The third kappa shape index (κ3) is 10.0. The van der Waals surface area contributed by atoms with Gasteiger partial charge in [-0.05, 0) is 32.2 Å². The fourth-order valence-corrected chi connectivity index (χ4v) is 2.98. The molecule has 0 saturated carbocycles. The molecule has 12 heteroatoms. The number of piperazine rings is 1. The van der Waals surface area contributed by atoms with Crippen molar-refractivity contribution in [1.29, 1.82) is 0 Å². The third-order valence-electron chi connectivity index (χ3n) is 4.53. The zero-order valence-corrected chi connectivity index (χ0v) is 16.1. The molecule has 0 aliphatic carbocycles. The Hall–Kier alpha value is -2.47. The summed E-state index contributed by atoms with van der Waals surface area (Å²) >= 11 is 0. The van der Waals surface area contributed by atoms with Gasteiger partial charge in [-0.15, -0.1) is 0 Å². The van der Waals surface area contributed by atoms with Crippen LogP contribution in [0.5, 0.6) is 0 Å². The zero-order chi connectivity index (χ0) is 20.9. The van der Waals surface area contributed by atoms with Gasteiger partial charge in [0.05, 0.1) is 6.04 Å². The second-order valence-corrected chi connectivity index (χ2v) is 6.76. The monoisotopic (exact) mass is 401 g/mol. The van der Waals surface area contributed by atoms with Gasteiger partial charge >= 0.3 is 5.97 Å². The first kappa shape index (κ1) is 23.6. The second kappa shape index (κ2) is 12.8. The molecule has 0 aromatic rings. The summed E-state index contributed by atoms with van der Waals surface area (Å²) < 4.78 is 0. The SMILES string of the molecule is NC(=NCCC[C@H](N)C(=O)N1CCN(CCCCCC(=O)O)CC1)N[N+](=O)[O-]. The van der Waals surface area contributed by atoms with Gasteiger partial charge in [-0.3, -0.25) is 14.5 Å². The van der Waals surface area contributed by atoms with Crippen LogP contribution in [-0.4, -0.2) is 83.1 Å². The standard InChI is InChI=1S/C16H31N7O5/c17-13(5-4-7-19-16(18)20-23(27)28)15(26)22-11-9-21(10-12-22)8-3-1-2-6-14(24)25/h13H,1-12,17H2,(H,24,25)(H3,18,19,20)/t13-/m0/s1. The third-order valence-corrected chi connectivity index (χ3v) is 4.53. The average molecular weight is 401 g/mol. The number of aliphatic carboxylic acids is 1. The first-order valence-electron chi connectivity index (χ1n) is 9.49. The lowest BCUT2D eigenvalue weighted by Crippen LogP contribution is -2.53. The van der Waals surface area contributed by atoms with Crippen LogP contribution in [0.25, 0.3) is 0 Å². The number of carbonyl (C=O) groups is 2. The molecular weight excluding hydrogens is 370 g/mol. The number of rotatable bonds is 12. The van der Waals surface area contributed by atoms with Crippen molar-refractivity contribution in [2.45, 2.75) is 44.6 Å². The van der Waals surface area contributed by atoms with Gasteiger partial charge < -0.3 is 21.5 Å². The van der Waals surface area contributed by atoms with Gasteiger partial charge in [-0.25, -0.2) is 15.1 Å². The molecule has 1 fully saturated rings. The van der Waals surface area contributed by atoms with Crippen molar-refractivity contribution < 1.29 is 19.7 Å². The number of unbranched alkanes of at least 4 members (excludes halogenated alkanes) is 2. The summed E-state index contributed by atoms with van der Waals surface area (Å²) in [4.78, 5) is 40.9. The molecule has 0 spiro atoms. The van der Waals surface area contributed by atoms with E-state index in [2.05, 4.69) is 9.89 Å². The normalized spacial score (nSPS) is 16.6. The number of guanidine groups is 1. The first-order valence-corrected chi connectivity index (χ1v) is 9.49. The molecule has 0 aromatic carbocycles. The molecule has 1 aliphatic rings. The highest BCUT2D eigenvalue weighted by molar-refractivity contribution is 5.81. The summed E-state index contributed by atoms with van der Waals surface area (Å²) in [7, 11) is 0. The molecule has 1 rings (SSSR count). The molecule has 28 heavy (non-hydrogen) atoms. The molecule has 1 atom stereocenters. The lowest BCUT2D eigenvalue weighted by molar-refractivity contribution is -0.525. The highest BCUT2D eigenvalue weighted by Gasteiger charge is 2.24. The van der Waals surface area contributed by atoms with Crippen molar-refractivity contribution in [2.75, 3.05) is 39.3 Å². The minimum absolute atomic E-state index is 0.0959. The minimum atomic E-state index is -0.788. The molecule has 0 unspecified atom stereocenters. The number of carbonyl (C=O) groups excluding carboxylic acids is 1. The largest absolute Gasteiger partial charge is 0.481 e. The number of carboxylic acid groups (broad SMARTS) is 1. The molecule has 160 valence electrons. The molecule has 12 nitrogen and oxygen atoms in total. The maximum Gasteiger partial charge on any atom is 0.303 e. The smallest absolute Gasteiger partial charge is 0.303 e. The lowest BCUT2D eigenvalue weighted by atomic mass is 10.1. The van der Waals surface area contributed by atoms with Gasteiger partial charge in [0, 0.05) is 39.1 Å². The predicted molar refractivity (Wildman–Crippen MR) is 103 cm³/mol. The molecule has 0 radical (unpaired) electrons. The number of nitro groups is 1. The number of nitrogens with two attached hydrogens (primary N) is 2. The predicted octanol–water partition coefficient (Wildman–Crippen LogP) is -1.02. The summed E-state index contributed by atoms with van der Waals surface area (Å²) in [5.74, 6) is -1.13. The maximum absolute atomic E-state index is 12.4. The zero-order valence-electron chi connectivity index (χ0n) is 16.1. The Labute approximate surface area is 164 Å². The Morgan fingerprint density at radius 2 is 1.86 bits per heavy atom. The number of nitrogens with one attached hydrogen (secondary N) is 1. The fourth-order valence-electron chi connectivity index (χ4n) is 2.98. The van der Waals surface area contributed by atoms with Crippen molar-refractivity contribution in [3.63, 3.8) is 0 Å². The van der Waals surface area contributed by atoms with Crippen LogP contribution in [0.3, 0.4) is 0 Å². The van der Waals surface area contributed by atoms with E-state index in [9.17, 15) is 19.7 Å². The molecule has 1 saturated heterocycles. The van der Waals surface area contributed by atoms with Crippen LogP contribution in [0.1, 0.15) is 38.5 Å². The van der Waals surface area contributed by atoms with E-state index in [0.29, 0.717) is 32.4 Å². The topological polar surface area (TPSA) is 180 Å². The summed E-state index contributed by atoms with van der Waals surface area (Å²) in [5.41, 5.74) is 13.0. The van der Waals surface area contributed by atoms with Crippen LogP contribution in [-0.2, 0) is 9.59 Å². The second-order valence-electron chi connectivity index (χ2n) is 6.76. The van der Waals surface area contributed by atoms with E-state index in [0.717, 1.165) is 32.5 Å². The number of hydrogen-bond donors (Lipinski definition) is 4. The molecule has 0 bridgehead atoms. The minimum Gasteiger partial charge on any atom is -0.481 e.